The van der Waals surface area contributed by atoms with Crippen LogP contribution in [0, 0.1) is 13.8 Å². The first-order valence-electron chi connectivity index (χ1n) is 18.0. The maximum Gasteiger partial charge on any atom is 0.303 e. The van der Waals surface area contributed by atoms with Crippen molar-refractivity contribution in [1.82, 2.24) is 0 Å². The molecule has 8 heteroatoms. The summed E-state index contributed by atoms with van der Waals surface area (Å²) in [6, 6.07) is 39.9. The number of esters is 2. The third-order valence-electron chi connectivity index (χ3n) is 9.17. The van der Waals surface area contributed by atoms with Gasteiger partial charge in [0.05, 0.1) is 0 Å². The smallest absolute Gasteiger partial charge is 0.303 e. The molecule has 0 heterocycles. The summed E-state index contributed by atoms with van der Waals surface area (Å²) >= 11 is 0. The van der Waals surface area contributed by atoms with Gasteiger partial charge in [-0.25, -0.2) is 0 Å². The third-order valence-corrected chi connectivity index (χ3v) is 9.17. The molecule has 0 amide bonds. The maximum atomic E-state index is 12.2. The summed E-state index contributed by atoms with van der Waals surface area (Å²) in [7, 11) is 0. The lowest BCUT2D eigenvalue weighted by Crippen LogP contribution is -2.30. The van der Waals surface area contributed by atoms with Crippen molar-refractivity contribution in [1.29, 1.82) is 0 Å². The van der Waals surface area contributed by atoms with Crippen LogP contribution in [-0.2, 0) is 19.1 Å². The molecule has 274 valence electrons. The zero-order valence-electron chi connectivity index (χ0n) is 30.8. The average molecular weight is 723 g/mol. The second kappa shape index (κ2) is 16.2. The van der Waals surface area contributed by atoms with Crippen molar-refractivity contribution in [3.05, 3.63) is 132 Å². The Morgan fingerprint density at radius 2 is 0.833 bits per heavy atom. The van der Waals surface area contributed by atoms with E-state index in [0.29, 0.717) is 23.0 Å². The number of fused-ring (bicyclic) bond motifs is 4. The van der Waals surface area contributed by atoms with Gasteiger partial charge in [0.15, 0.2) is 12.2 Å². The molecule has 54 heavy (non-hydrogen) atoms. The molecule has 7 aromatic carbocycles. The highest BCUT2D eigenvalue weighted by atomic mass is 16.6. The molecular weight excluding hydrogens is 680 g/mol. The SMILES string of the molecule is CC(=O)OC(COc1cccc2ccccc12)COc1c2ccc(C)cc2c(OCC(COc2cccc3ccccc23)OC(C)=O)c2ccc(C)cc12. The number of ether oxygens (including phenoxy) is 6. The predicted octanol–water partition coefficient (Wildman–Crippen LogP) is 9.70. The van der Waals surface area contributed by atoms with Gasteiger partial charge < -0.3 is 28.4 Å². The van der Waals surface area contributed by atoms with Gasteiger partial charge in [-0.1, -0.05) is 108 Å². The van der Waals surface area contributed by atoms with Gasteiger partial charge in [-0.2, -0.15) is 0 Å². The number of rotatable bonds is 14. The van der Waals surface area contributed by atoms with Crippen molar-refractivity contribution < 1.29 is 38.0 Å². The van der Waals surface area contributed by atoms with Crippen LogP contribution in [0.3, 0.4) is 0 Å². The van der Waals surface area contributed by atoms with Gasteiger partial charge in [0.2, 0.25) is 0 Å². The van der Waals surface area contributed by atoms with Gasteiger partial charge in [-0.05, 0) is 48.9 Å². The summed E-state index contributed by atoms with van der Waals surface area (Å²) in [6.45, 7) is 7.10. The molecule has 2 atom stereocenters. The first-order chi connectivity index (χ1) is 26.2. The maximum absolute atomic E-state index is 12.2. The fourth-order valence-corrected chi connectivity index (χ4v) is 6.75. The van der Waals surface area contributed by atoms with E-state index in [-0.39, 0.29) is 26.4 Å². The fraction of sp³-hybridized carbons (Fsp3) is 0.217. The number of carbonyl (C=O) groups is 2. The second-order valence-corrected chi connectivity index (χ2v) is 13.4. The van der Waals surface area contributed by atoms with Crippen LogP contribution in [0.4, 0.5) is 0 Å². The van der Waals surface area contributed by atoms with Crippen LogP contribution >= 0.6 is 0 Å². The minimum Gasteiger partial charge on any atom is -0.489 e. The zero-order chi connectivity index (χ0) is 37.6. The molecule has 2 unspecified atom stereocenters. The molecule has 0 aliphatic carbocycles. The first-order valence-corrected chi connectivity index (χ1v) is 18.0. The van der Waals surface area contributed by atoms with E-state index in [4.69, 9.17) is 28.4 Å². The van der Waals surface area contributed by atoms with Crippen molar-refractivity contribution in [3.8, 4) is 23.0 Å². The van der Waals surface area contributed by atoms with Crippen LogP contribution in [0.2, 0.25) is 0 Å². The minimum atomic E-state index is -0.691. The third kappa shape index (κ3) is 8.18. The number of hydrogen-bond acceptors (Lipinski definition) is 8. The standard InChI is InChI=1S/C46H42O8/c1-29-19-21-39-41(23-29)45(51-27-35(53-31(3)47)25-49-43-17-9-13-33-11-5-7-15-37(33)43)40-22-20-30(2)24-42(40)46(39)52-28-36(54-32(4)48)26-50-44-18-10-14-34-12-6-8-16-38(34)44/h5-24,35-36H,25-28H2,1-4H3. The Morgan fingerprint density at radius 1 is 0.444 bits per heavy atom. The Morgan fingerprint density at radius 3 is 1.26 bits per heavy atom. The summed E-state index contributed by atoms with van der Waals surface area (Å²) in [4.78, 5) is 24.5. The molecular formula is C46H42O8. The molecule has 0 aromatic heterocycles. The predicted molar refractivity (Wildman–Crippen MR) is 212 cm³/mol. The number of carbonyl (C=O) groups excluding carboxylic acids is 2. The summed E-state index contributed by atoms with van der Waals surface area (Å²) in [6.07, 6.45) is -1.38. The normalized spacial score (nSPS) is 12.4. The molecule has 7 rings (SSSR count). The monoisotopic (exact) mass is 722 g/mol. The quantitative estimate of drug-likeness (QED) is 0.0810. The molecule has 7 aromatic rings. The van der Waals surface area contributed by atoms with Crippen LogP contribution < -0.4 is 18.9 Å². The topological polar surface area (TPSA) is 89.5 Å². The minimum absolute atomic E-state index is 0.0522. The van der Waals surface area contributed by atoms with Gasteiger partial charge in [0, 0.05) is 46.2 Å². The molecule has 0 aliphatic rings. The lowest BCUT2D eigenvalue weighted by atomic mass is 9.97. The highest BCUT2D eigenvalue weighted by molar-refractivity contribution is 6.11. The Kier molecular flexibility index (Phi) is 10.8. The number of hydrogen-bond donors (Lipinski definition) is 0. The molecule has 0 bridgehead atoms. The van der Waals surface area contributed by atoms with E-state index in [2.05, 4.69) is 12.1 Å². The molecule has 0 aliphatic heterocycles. The van der Waals surface area contributed by atoms with Crippen molar-refractivity contribution in [2.45, 2.75) is 39.9 Å². The highest BCUT2D eigenvalue weighted by Crippen LogP contribution is 2.44. The number of benzene rings is 7. The molecule has 0 saturated carbocycles. The Hall–Kier alpha value is -6.28. The Balaban J connectivity index is 1.17. The van der Waals surface area contributed by atoms with Gasteiger partial charge in [0.25, 0.3) is 0 Å². The van der Waals surface area contributed by atoms with Crippen molar-refractivity contribution >= 4 is 55.0 Å². The summed E-state index contributed by atoms with van der Waals surface area (Å²) in [5.41, 5.74) is 2.06. The Bertz CT molecular complexity index is 2290. The average Bonchev–Trinajstić information content (AvgIpc) is 3.16. The second-order valence-electron chi connectivity index (χ2n) is 13.4. The van der Waals surface area contributed by atoms with E-state index in [1.807, 2.05) is 123 Å². The lowest BCUT2D eigenvalue weighted by molar-refractivity contribution is -0.150. The van der Waals surface area contributed by atoms with Gasteiger partial charge >= 0.3 is 11.9 Å². The van der Waals surface area contributed by atoms with E-state index >= 15 is 0 Å². The van der Waals surface area contributed by atoms with Crippen molar-refractivity contribution in [3.63, 3.8) is 0 Å². The van der Waals surface area contributed by atoms with Gasteiger partial charge in [0.1, 0.15) is 49.4 Å². The van der Waals surface area contributed by atoms with Crippen molar-refractivity contribution in [2.75, 3.05) is 26.4 Å². The summed E-state index contributed by atoms with van der Waals surface area (Å²) < 4.78 is 37.1. The summed E-state index contributed by atoms with van der Waals surface area (Å²) in [5, 5.41) is 7.34. The first kappa shape index (κ1) is 36.1. The van der Waals surface area contributed by atoms with E-state index < -0.39 is 24.1 Å². The molecule has 0 spiro atoms. The highest BCUT2D eigenvalue weighted by Gasteiger charge is 2.23. The summed E-state index contributed by atoms with van der Waals surface area (Å²) in [5.74, 6) is 1.80. The van der Waals surface area contributed by atoms with Crippen molar-refractivity contribution in [2.24, 2.45) is 0 Å². The molecule has 0 radical (unpaired) electrons. The van der Waals surface area contributed by atoms with E-state index in [1.54, 1.807) is 0 Å². The molecule has 0 N–H and O–H groups in total. The van der Waals surface area contributed by atoms with Crippen LogP contribution in [-0.4, -0.2) is 50.6 Å². The molecule has 8 nitrogen and oxygen atoms in total. The van der Waals surface area contributed by atoms with E-state index in [9.17, 15) is 9.59 Å². The molecule has 0 fully saturated rings. The largest absolute Gasteiger partial charge is 0.489 e. The fourth-order valence-electron chi connectivity index (χ4n) is 6.75. The zero-order valence-corrected chi connectivity index (χ0v) is 30.8. The van der Waals surface area contributed by atoms with Gasteiger partial charge in [-0.15, -0.1) is 0 Å². The molecule has 0 saturated heterocycles. The van der Waals surface area contributed by atoms with Crippen LogP contribution in [0.15, 0.2) is 121 Å². The van der Waals surface area contributed by atoms with E-state index in [0.717, 1.165) is 54.2 Å². The Labute approximate surface area is 314 Å². The van der Waals surface area contributed by atoms with Crippen LogP contribution in [0.25, 0.3) is 43.1 Å². The number of aryl methyl sites for hydroxylation is 2. The van der Waals surface area contributed by atoms with Crippen LogP contribution in [0.5, 0.6) is 23.0 Å². The van der Waals surface area contributed by atoms with Gasteiger partial charge in [-0.3, -0.25) is 9.59 Å². The lowest BCUT2D eigenvalue weighted by Gasteiger charge is -2.23. The van der Waals surface area contributed by atoms with Crippen LogP contribution in [0.1, 0.15) is 25.0 Å². The van der Waals surface area contributed by atoms with E-state index in [1.165, 1.54) is 13.8 Å².